The molecular formula is C16H24O2S. The Morgan fingerprint density at radius 2 is 2.00 bits per heavy atom. The van der Waals surface area contributed by atoms with Crippen molar-refractivity contribution in [3.63, 3.8) is 0 Å². The number of rotatable bonds is 2. The van der Waals surface area contributed by atoms with E-state index in [-0.39, 0.29) is 11.4 Å². The topological polar surface area (TPSA) is 26.3 Å². The number of ether oxygens (including phenoxy) is 1. The standard InChI is InChI=1S/C14H18O2S.C2H6/c1-5-16-13(15)10-6-7-11-12(9(10)2)14(3,4)8-17-11;1-2/h6-7H,5,8H2,1-4H3;1-2H3. The molecule has 2 rings (SSSR count). The summed E-state index contributed by atoms with van der Waals surface area (Å²) in [5.74, 6) is 0.871. The fourth-order valence-electron chi connectivity index (χ4n) is 2.41. The molecule has 0 spiro atoms. The highest BCUT2D eigenvalue weighted by atomic mass is 32.2. The van der Waals surface area contributed by atoms with Crippen LogP contribution in [-0.2, 0) is 10.2 Å². The van der Waals surface area contributed by atoms with E-state index in [4.69, 9.17) is 4.74 Å². The molecule has 19 heavy (non-hydrogen) atoms. The van der Waals surface area contributed by atoms with E-state index < -0.39 is 0 Å². The quantitative estimate of drug-likeness (QED) is 0.742. The number of thioether (sulfide) groups is 1. The Hall–Kier alpha value is -0.960. The number of carbonyl (C=O) groups excluding carboxylic acids is 1. The second kappa shape index (κ2) is 6.47. The highest BCUT2D eigenvalue weighted by Crippen LogP contribution is 2.45. The van der Waals surface area contributed by atoms with Crippen LogP contribution in [0, 0.1) is 6.92 Å². The van der Waals surface area contributed by atoms with E-state index in [1.807, 2.05) is 51.6 Å². The molecule has 0 atom stereocenters. The zero-order chi connectivity index (χ0) is 14.6. The lowest BCUT2D eigenvalue weighted by molar-refractivity contribution is 0.0525. The SMILES string of the molecule is CC.CCOC(=O)c1ccc2c(c1C)C(C)(C)CS2. The molecule has 3 heteroatoms. The van der Waals surface area contributed by atoms with E-state index >= 15 is 0 Å². The third-order valence-electron chi connectivity index (χ3n) is 3.19. The minimum atomic E-state index is -0.208. The van der Waals surface area contributed by atoms with Crippen molar-refractivity contribution < 1.29 is 9.53 Å². The maximum absolute atomic E-state index is 11.8. The van der Waals surface area contributed by atoms with Gasteiger partial charge in [0, 0.05) is 16.1 Å². The molecule has 0 N–H and O–H groups in total. The first-order valence-corrected chi connectivity index (χ1v) is 7.90. The average molecular weight is 280 g/mol. The molecule has 1 aromatic carbocycles. The molecule has 2 nitrogen and oxygen atoms in total. The number of fused-ring (bicyclic) bond motifs is 1. The Morgan fingerprint density at radius 1 is 1.37 bits per heavy atom. The summed E-state index contributed by atoms with van der Waals surface area (Å²) in [5.41, 5.74) is 3.25. The van der Waals surface area contributed by atoms with E-state index in [2.05, 4.69) is 13.8 Å². The molecule has 1 aromatic rings. The Morgan fingerprint density at radius 3 is 2.58 bits per heavy atom. The minimum absolute atomic E-state index is 0.145. The number of benzene rings is 1. The molecule has 0 amide bonds. The van der Waals surface area contributed by atoms with Crippen LogP contribution < -0.4 is 0 Å². The van der Waals surface area contributed by atoms with Crippen molar-refractivity contribution in [3.8, 4) is 0 Å². The molecule has 0 saturated carbocycles. The Balaban J connectivity index is 0.000000861. The molecule has 0 aliphatic carbocycles. The van der Waals surface area contributed by atoms with Crippen LogP contribution in [0.1, 0.15) is 56.1 Å². The van der Waals surface area contributed by atoms with E-state index in [1.54, 1.807) is 0 Å². The van der Waals surface area contributed by atoms with Gasteiger partial charge in [-0.3, -0.25) is 0 Å². The highest BCUT2D eigenvalue weighted by molar-refractivity contribution is 7.99. The molecule has 0 bridgehead atoms. The summed E-state index contributed by atoms with van der Waals surface area (Å²) < 4.78 is 5.09. The van der Waals surface area contributed by atoms with Crippen LogP contribution in [-0.4, -0.2) is 18.3 Å². The van der Waals surface area contributed by atoms with Gasteiger partial charge in [-0.15, -0.1) is 11.8 Å². The van der Waals surface area contributed by atoms with Gasteiger partial charge in [0.2, 0.25) is 0 Å². The van der Waals surface area contributed by atoms with Gasteiger partial charge < -0.3 is 4.74 Å². The van der Waals surface area contributed by atoms with E-state index in [0.717, 1.165) is 11.3 Å². The summed E-state index contributed by atoms with van der Waals surface area (Å²) in [4.78, 5) is 13.2. The average Bonchev–Trinajstić information content (AvgIpc) is 2.69. The summed E-state index contributed by atoms with van der Waals surface area (Å²) in [6, 6.07) is 3.94. The molecule has 0 saturated heterocycles. The lowest BCUT2D eigenvalue weighted by Crippen LogP contribution is -2.19. The maximum atomic E-state index is 11.8. The van der Waals surface area contributed by atoms with Crippen LogP contribution >= 0.6 is 11.8 Å². The molecule has 1 aliphatic heterocycles. The van der Waals surface area contributed by atoms with Crippen molar-refractivity contribution in [2.24, 2.45) is 0 Å². The lowest BCUT2D eigenvalue weighted by atomic mass is 9.82. The van der Waals surface area contributed by atoms with E-state index in [1.165, 1.54) is 10.5 Å². The van der Waals surface area contributed by atoms with Crippen molar-refractivity contribution in [2.45, 2.75) is 51.9 Å². The Labute approximate surface area is 120 Å². The number of hydrogen-bond donors (Lipinski definition) is 0. The molecule has 0 radical (unpaired) electrons. The summed E-state index contributed by atoms with van der Waals surface area (Å²) >= 11 is 1.87. The van der Waals surface area contributed by atoms with Crippen LogP contribution in [0.4, 0.5) is 0 Å². The second-order valence-corrected chi connectivity index (χ2v) is 6.02. The largest absolute Gasteiger partial charge is 0.462 e. The number of hydrogen-bond acceptors (Lipinski definition) is 3. The van der Waals surface area contributed by atoms with Crippen LogP contribution in [0.5, 0.6) is 0 Å². The molecule has 0 unspecified atom stereocenters. The van der Waals surface area contributed by atoms with Gasteiger partial charge in [0.05, 0.1) is 12.2 Å². The predicted molar refractivity (Wildman–Crippen MR) is 82.2 cm³/mol. The van der Waals surface area contributed by atoms with Crippen LogP contribution in [0.3, 0.4) is 0 Å². The summed E-state index contributed by atoms with van der Waals surface area (Å²) in [6.45, 7) is 12.7. The van der Waals surface area contributed by atoms with Crippen molar-refractivity contribution in [3.05, 3.63) is 28.8 Å². The second-order valence-electron chi connectivity index (χ2n) is 5.00. The summed E-state index contributed by atoms with van der Waals surface area (Å²) in [5, 5.41) is 0. The maximum Gasteiger partial charge on any atom is 0.338 e. The normalized spacial score (nSPS) is 15.3. The van der Waals surface area contributed by atoms with E-state index in [0.29, 0.717) is 12.2 Å². The first-order chi connectivity index (χ1) is 8.97. The fraction of sp³-hybridized carbons (Fsp3) is 0.562. The van der Waals surface area contributed by atoms with Gasteiger partial charge in [0.15, 0.2) is 0 Å². The third-order valence-corrected chi connectivity index (χ3v) is 4.70. The van der Waals surface area contributed by atoms with Crippen LogP contribution in [0.15, 0.2) is 17.0 Å². The summed E-state index contributed by atoms with van der Waals surface area (Å²) in [7, 11) is 0. The number of carbonyl (C=O) groups is 1. The number of esters is 1. The van der Waals surface area contributed by atoms with Crippen LogP contribution in [0.2, 0.25) is 0 Å². The predicted octanol–water partition coefficient (Wildman–Crippen LogP) is 4.58. The van der Waals surface area contributed by atoms with Crippen LogP contribution in [0.25, 0.3) is 0 Å². The molecule has 0 aromatic heterocycles. The van der Waals surface area contributed by atoms with Gasteiger partial charge in [-0.2, -0.15) is 0 Å². The van der Waals surface area contributed by atoms with E-state index in [9.17, 15) is 4.79 Å². The first-order valence-electron chi connectivity index (χ1n) is 6.91. The highest BCUT2D eigenvalue weighted by Gasteiger charge is 2.33. The first kappa shape index (κ1) is 16.1. The molecule has 106 valence electrons. The zero-order valence-corrected chi connectivity index (χ0v) is 13.6. The molecule has 1 aliphatic rings. The monoisotopic (exact) mass is 280 g/mol. The van der Waals surface area contributed by atoms with Gasteiger partial charge in [-0.1, -0.05) is 27.7 Å². The Bertz CT molecular complexity index is 464. The lowest BCUT2D eigenvalue weighted by Gasteiger charge is -2.21. The van der Waals surface area contributed by atoms with Crippen molar-refractivity contribution in [2.75, 3.05) is 12.4 Å². The van der Waals surface area contributed by atoms with Gasteiger partial charge in [-0.05, 0) is 37.1 Å². The molecule has 0 fully saturated rings. The van der Waals surface area contributed by atoms with Gasteiger partial charge in [0.25, 0.3) is 0 Å². The van der Waals surface area contributed by atoms with Crippen molar-refractivity contribution in [1.82, 2.24) is 0 Å². The molecular weight excluding hydrogens is 256 g/mol. The minimum Gasteiger partial charge on any atom is -0.462 e. The summed E-state index contributed by atoms with van der Waals surface area (Å²) in [6.07, 6.45) is 0. The van der Waals surface area contributed by atoms with Gasteiger partial charge in [0.1, 0.15) is 0 Å². The van der Waals surface area contributed by atoms with Crippen molar-refractivity contribution in [1.29, 1.82) is 0 Å². The van der Waals surface area contributed by atoms with Gasteiger partial charge >= 0.3 is 5.97 Å². The Kier molecular flexibility index (Phi) is 5.48. The zero-order valence-electron chi connectivity index (χ0n) is 12.8. The molecule has 1 heterocycles. The third kappa shape index (κ3) is 3.14. The van der Waals surface area contributed by atoms with Crippen molar-refractivity contribution >= 4 is 17.7 Å². The smallest absolute Gasteiger partial charge is 0.338 e. The van der Waals surface area contributed by atoms with Gasteiger partial charge in [-0.25, -0.2) is 4.79 Å². The fourth-order valence-corrected chi connectivity index (χ4v) is 3.81.